The molecule has 1 amide bonds. The summed E-state index contributed by atoms with van der Waals surface area (Å²) in [4.78, 5) is 12.2. The lowest BCUT2D eigenvalue weighted by Crippen LogP contribution is -2.76. The summed E-state index contributed by atoms with van der Waals surface area (Å²) >= 11 is 0. The molecule has 1 saturated carbocycles. The van der Waals surface area contributed by atoms with E-state index in [-0.39, 0.29) is 28.8 Å². The molecule has 4 heteroatoms. The third-order valence-corrected chi connectivity index (χ3v) is 4.54. The molecule has 100 valence electrons. The van der Waals surface area contributed by atoms with Crippen LogP contribution in [0, 0.1) is 10.8 Å². The SMILES string of the molecule is Cn1cccc1C(=O)NC1C(C)(C)C(N)C1(C)C. The van der Waals surface area contributed by atoms with E-state index in [1.807, 2.05) is 29.9 Å². The number of aryl methyl sites for hydroxylation is 1. The molecule has 2 rings (SSSR count). The van der Waals surface area contributed by atoms with Crippen LogP contribution in [0.2, 0.25) is 0 Å². The van der Waals surface area contributed by atoms with Crippen LogP contribution in [0.1, 0.15) is 38.2 Å². The van der Waals surface area contributed by atoms with E-state index in [0.717, 1.165) is 0 Å². The van der Waals surface area contributed by atoms with Gasteiger partial charge in [0.2, 0.25) is 0 Å². The number of nitrogens with two attached hydrogens (primary N) is 1. The third kappa shape index (κ3) is 1.67. The second-order valence-corrected chi connectivity index (χ2v) is 6.53. The summed E-state index contributed by atoms with van der Waals surface area (Å²) in [7, 11) is 1.87. The zero-order valence-corrected chi connectivity index (χ0v) is 11.8. The molecular weight excluding hydrogens is 226 g/mol. The van der Waals surface area contributed by atoms with Crippen molar-refractivity contribution in [1.29, 1.82) is 0 Å². The van der Waals surface area contributed by atoms with Gasteiger partial charge in [-0.3, -0.25) is 4.79 Å². The molecule has 0 radical (unpaired) electrons. The van der Waals surface area contributed by atoms with Crippen LogP contribution in [0.15, 0.2) is 18.3 Å². The lowest BCUT2D eigenvalue weighted by Gasteiger charge is -2.62. The number of nitrogens with one attached hydrogen (secondary N) is 1. The Morgan fingerprint density at radius 1 is 1.33 bits per heavy atom. The first kappa shape index (κ1) is 13.1. The van der Waals surface area contributed by atoms with Crippen molar-refractivity contribution in [2.75, 3.05) is 0 Å². The normalized spacial score (nSPS) is 28.6. The van der Waals surface area contributed by atoms with Gasteiger partial charge in [0.25, 0.3) is 5.91 Å². The Morgan fingerprint density at radius 3 is 2.33 bits per heavy atom. The summed E-state index contributed by atoms with van der Waals surface area (Å²) in [6.07, 6.45) is 1.87. The maximum absolute atomic E-state index is 12.2. The molecule has 1 aliphatic rings. The molecule has 1 aromatic heterocycles. The number of carbonyl (C=O) groups excluding carboxylic acids is 1. The first-order chi connectivity index (χ1) is 8.19. The van der Waals surface area contributed by atoms with E-state index in [4.69, 9.17) is 5.73 Å². The van der Waals surface area contributed by atoms with Gasteiger partial charge in [0, 0.05) is 36.2 Å². The average molecular weight is 249 g/mol. The lowest BCUT2D eigenvalue weighted by atomic mass is 9.48. The highest BCUT2D eigenvalue weighted by Gasteiger charge is 2.60. The molecule has 0 bridgehead atoms. The van der Waals surface area contributed by atoms with Crippen LogP contribution in [0.4, 0.5) is 0 Å². The van der Waals surface area contributed by atoms with Crippen molar-refractivity contribution in [3.8, 4) is 0 Å². The lowest BCUT2D eigenvalue weighted by molar-refractivity contribution is -0.0664. The highest BCUT2D eigenvalue weighted by atomic mass is 16.2. The summed E-state index contributed by atoms with van der Waals surface area (Å²) < 4.78 is 1.83. The maximum Gasteiger partial charge on any atom is 0.268 e. The van der Waals surface area contributed by atoms with Crippen LogP contribution < -0.4 is 11.1 Å². The van der Waals surface area contributed by atoms with E-state index in [2.05, 4.69) is 33.0 Å². The van der Waals surface area contributed by atoms with E-state index in [1.54, 1.807) is 0 Å². The number of hydrogen-bond donors (Lipinski definition) is 2. The zero-order valence-electron chi connectivity index (χ0n) is 11.8. The Kier molecular flexibility index (Phi) is 2.81. The van der Waals surface area contributed by atoms with Crippen molar-refractivity contribution in [2.45, 2.75) is 39.8 Å². The second-order valence-electron chi connectivity index (χ2n) is 6.53. The minimum Gasteiger partial charge on any atom is -0.347 e. The topological polar surface area (TPSA) is 60.0 Å². The van der Waals surface area contributed by atoms with Crippen LogP contribution in [-0.4, -0.2) is 22.6 Å². The Balaban J connectivity index is 2.16. The molecule has 0 saturated heterocycles. The molecular formula is C14H23N3O. The summed E-state index contributed by atoms with van der Waals surface area (Å²) in [6.45, 7) is 8.44. The molecule has 0 aromatic carbocycles. The quantitative estimate of drug-likeness (QED) is 0.834. The third-order valence-electron chi connectivity index (χ3n) is 4.54. The summed E-state index contributed by atoms with van der Waals surface area (Å²) in [5.74, 6) is -0.0273. The first-order valence-corrected chi connectivity index (χ1v) is 6.37. The largest absolute Gasteiger partial charge is 0.347 e. The Bertz CT molecular complexity index is 457. The van der Waals surface area contributed by atoms with Gasteiger partial charge in [-0.15, -0.1) is 0 Å². The molecule has 0 unspecified atom stereocenters. The first-order valence-electron chi connectivity index (χ1n) is 6.37. The van der Waals surface area contributed by atoms with Gasteiger partial charge >= 0.3 is 0 Å². The molecule has 1 aromatic rings. The zero-order chi connectivity index (χ0) is 13.7. The van der Waals surface area contributed by atoms with Crippen LogP contribution in [0.3, 0.4) is 0 Å². The Hall–Kier alpha value is -1.29. The highest BCUT2D eigenvalue weighted by molar-refractivity contribution is 5.93. The van der Waals surface area contributed by atoms with Gasteiger partial charge in [-0.25, -0.2) is 0 Å². The van der Waals surface area contributed by atoms with Crippen molar-refractivity contribution in [1.82, 2.24) is 9.88 Å². The number of amides is 1. The maximum atomic E-state index is 12.2. The Labute approximate surface area is 109 Å². The smallest absolute Gasteiger partial charge is 0.268 e. The molecule has 0 atom stereocenters. The number of carbonyl (C=O) groups is 1. The van der Waals surface area contributed by atoms with Gasteiger partial charge in [-0.1, -0.05) is 27.7 Å². The molecule has 4 nitrogen and oxygen atoms in total. The van der Waals surface area contributed by atoms with E-state index in [1.165, 1.54) is 0 Å². The minimum absolute atomic E-state index is 0.0273. The fraction of sp³-hybridized carbons (Fsp3) is 0.643. The highest BCUT2D eigenvalue weighted by Crippen LogP contribution is 2.52. The molecule has 1 fully saturated rings. The number of hydrogen-bond acceptors (Lipinski definition) is 2. The van der Waals surface area contributed by atoms with Gasteiger partial charge in [0.1, 0.15) is 5.69 Å². The summed E-state index contributed by atoms with van der Waals surface area (Å²) in [5.41, 5.74) is 6.74. The second kappa shape index (κ2) is 3.85. The van der Waals surface area contributed by atoms with Crippen LogP contribution >= 0.6 is 0 Å². The van der Waals surface area contributed by atoms with Gasteiger partial charge in [-0.2, -0.15) is 0 Å². The predicted molar refractivity (Wildman–Crippen MR) is 72.2 cm³/mol. The predicted octanol–water partition coefficient (Wildman–Crippen LogP) is 1.52. The van der Waals surface area contributed by atoms with Crippen molar-refractivity contribution in [2.24, 2.45) is 23.6 Å². The summed E-state index contributed by atoms with van der Waals surface area (Å²) in [5, 5.41) is 3.13. The fourth-order valence-electron chi connectivity index (χ4n) is 3.45. The van der Waals surface area contributed by atoms with E-state index in [0.29, 0.717) is 5.69 Å². The average Bonchev–Trinajstić information content (AvgIpc) is 2.70. The van der Waals surface area contributed by atoms with E-state index in [9.17, 15) is 4.79 Å². The van der Waals surface area contributed by atoms with Crippen LogP contribution in [0.5, 0.6) is 0 Å². The number of rotatable bonds is 2. The molecule has 1 heterocycles. The van der Waals surface area contributed by atoms with Crippen molar-refractivity contribution < 1.29 is 4.79 Å². The van der Waals surface area contributed by atoms with Crippen molar-refractivity contribution in [3.63, 3.8) is 0 Å². The standard InChI is InChI=1S/C14H23N3O/c1-13(2)11(15)14(3,4)12(13)16-10(18)9-7-6-8-17(9)5/h6-8,11-12H,15H2,1-5H3,(H,16,18). The molecule has 3 N–H and O–H groups in total. The van der Waals surface area contributed by atoms with E-state index < -0.39 is 0 Å². The Morgan fingerprint density at radius 2 is 1.89 bits per heavy atom. The van der Waals surface area contributed by atoms with Gasteiger partial charge in [0.15, 0.2) is 0 Å². The fourth-order valence-corrected chi connectivity index (χ4v) is 3.45. The molecule has 1 aliphatic carbocycles. The molecule has 18 heavy (non-hydrogen) atoms. The number of nitrogens with zero attached hydrogens (tertiary/aromatic N) is 1. The summed E-state index contributed by atoms with van der Waals surface area (Å²) in [6, 6.07) is 3.90. The van der Waals surface area contributed by atoms with Crippen LogP contribution in [0.25, 0.3) is 0 Å². The number of aromatic nitrogens is 1. The van der Waals surface area contributed by atoms with Crippen LogP contribution in [-0.2, 0) is 7.05 Å². The van der Waals surface area contributed by atoms with Gasteiger partial charge < -0.3 is 15.6 Å². The van der Waals surface area contributed by atoms with Gasteiger partial charge in [0.05, 0.1) is 0 Å². The molecule has 0 aliphatic heterocycles. The van der Waals surface area contributed by atoms with Crippen molar-refractivity contribution in [3.05, 3.63) is 24.0 Å². The monoisotopic (exact) mass is 249 g/mol. The van der Waals surface area contributed by atoms with E-state index >= 15 is 0 Å². The van der Waals surface area contributed by atoms with Gasteiger partial charge in [-0.05, 0) is 12.1 Å². The minimum atomic E-state index is -0.0652. The van der Waals surface area contributed by atoms with Crippen molar-refractivity contribution >= 4 is 5.91 Å². The molecule has 0 spiro atoms.